The Labute approximate surface area is 181 Å². The van der Waals surface area contributed by atoms with Crippen LogP contribution in [0.15, 0.2) is 72.8 Å². The first kappa shape index (κ1) is 18.3. The molecule has 30 heavy (non-hydrogen) atoms. The fourth-order valence-electron chi connectivity index (χ4n) is 4.60. The maximum absolute atomic E-state index is 6.32. The highest BCUT2D eigenvalue weighted by Gasteiger charge is 2.33. The number of fused-ring (bicyclic) bond motifs is 7. The lowest BCUT2D eigenvalue weighted by molar-refractivity contribution is 0.0749. The third kappa shape index (κ3) is 2.85. The van der Waals surface area contributed by atoms with E-state index >= 15 is 0 Å². The van der Waals surface area contributed by atoms with Crippen molar-refractivity contribution in [1.29, 1.82) is 0 Å². The number of nitrogens with zero attached hydrogens (tertiary/aromatic N) is 1. The molecule has 1 fully saturated rings. The maximum atomic E-state index is 6.32. The molecular weight excluding hydrogens is 409 g/mol. The Balaban J connectivity index is 1.69. The normalized spacial score (nSPS) is 18.1. The van der Waals surface area contributed by atoms with Crippen LogP contribution in [-0.4, -0.2) is 31.0 Å². The molecule has 0 amide bonds. The SMILES string of the molecule is S=P1(N2CCOCC2)Nc2ccc3ccccc3c2-c2c(ccc3ccccc23)N1. The highest BCUT2D eigenvalue weighted by molar-refractivity contribution is 8.14. The van der Waals surface area contributed by atoms with Crippen molar-refractivity contribution in [3.63, 3.8) is 0 Å². The summed E-state index contributed by atoms with van der Waals surface area (Å²) in [4.78, 5) is 0. The predicted octanol–water partition coefficient (Wildman–Crippen LogP) is 6.05. The van der Waals surface area contributed by atoms with E-state index in [0.717, 1.165) is 37.7 Å². The van der Waals surface area contributed by atoms with Crippen molar-refractivity contribution in [1.82, 2.24) is 4.67 Å². The number of nitrogens with one attached hydrogen (secondary N) is 2. The van der Waals surface area contributed by atoms with Crippen molar-refractivity contribution in [2.24, 2.45) is 0 Å². The predicted molar refractivity (Wildman–Crippen MR) is 131 cm³/mol. The first-order valence-electron chi connectivity index (χ1n) is 10.3. The van der Waals surface area contributed by atoms with Crippen molar-refractivity contribution < 1.29 is 4.74 Å². The Morgan fingerprint density at radius 2 is 1.20 bits per heavy atom. The molecule has 2 aliphatic heterocycles. The number of anilines is 2. The van der Waals surface area contributed by atoms with Gasteiger partial charge in [0.25, 0.3) is 0 Å². The first-order valence-corrected chi connectivity index (χ1v) is 13.0. The third-order valence-electron chi connectivity index (χ3n) is 6.04. The van der Waals surface area contributed by atoms with Crippen molar-refractivity contribution in [2.75, 3.05) is 36.5 Å². The maximum Gasteiger partial charge on any atom is 0.189 e. The van der Waals surface area contributed by atoms with Crippen LogP contribution in [0, 0.1) is 0 Å². The van der Waals surface area contributed by atoms with Crippen LogP contribution in [0.3, 0.4) is 0 Å². The van der Waals surface area contributed by atoms with E-state index < -0.39 is 6.49 Å². The molecular formula is C24H22N3OPS. The third-order valence-corrected chi connectivity index (χ3v) is 9.56. The topological polar surface area (TPSA) is 36.5 Å². The Morgan fingerprint density at radius 1 is 0.700 bits per heavy atom. The zero-order chi connectivity index (χ0) is 20.1. The van der Waals surface area contributed by atoms with Gasteiger partial charge >= 0.3 is 0 Å². The van der Waals surface area contributed by atoms with Gasteiger partial charge in [0.05, 0.1) is 13.2 Å². The lowest BCUT2D eigenvalue weighted by Gasteiger charge is -2.38. The standard InChI is InChI=1S/C24H22N3OPS/c30-29(27-13-15-28-16-14-27)25-21-11-9-17-5-1-3-7-19(17)23(21)24-20-8-4-2-6-18(20)10-12-22(24)26-29/h1-12H,13-16H2,(H2,25,26,30). The molecule has 1 saturated heterocycles. The van der Waals surface area contributed by atoms with Gasteiger partial charge in [0, 0.05) is 35.6 Å². The summed E-state index contributed by atoms with van der Waals surface area (Å²) in [7, 11) is 0. The fraction of sp³-hybridized carbons (Fsp3) is 0.167. The molecule has 6 rings (SSSR count). The Hall–Kier alpha value is -2.43. The number of benzene rings is 4. The molecule has 0 aliphatic carbocycles. The van der Waals surface area contributed by atoms with Gasteiger partial charge in [0.2, 0.25) is 0 Å². The fourth-order valence-corrected chi connectivity index (χ4v) is 7.77. The monoisotopic (exact) mass is 431 g/mol. The number of rotatable bonds is 1. The molecule has 0 aromatic heterocycles. The molecule has 0 bridgehead atoms. The minimum Gasteiger partial charge on any atom is -0.379 e. The van der Waals surface area contributed by atoms with Gasteiger partial charge in [-0.05, 0) is 45.5 Å². The van der Waals surface area contributed by atoms with Gasteiger partial charge in [-0.2, -0.15) is 0 Å². The van der Waals surface area contributed by atoms with E-state index in [4.69, 9.17) is 16.5 Å². The smallest absolute Gasteiger partial charge is 0.189 e. The highest BCUT2D eigenvalue weighted by atomic mass is 32.4. The highest BCUT2D eigenvalue weighted by Crippen LogP contribution is 2.57. The second kappa shape index (κ2) is 7.07. The summed E-state index contributed by atoms with van der Waals surface area (Å²) in [5.41, 5.74) is 4.66. The minimum atomic E-state index is -2.27. The van der Waals surface area contributed by atoms with Crippen molar-refractivity contribution in [3.8, 4) is 11.1 Å². The van der Waals surface area contributed by atoms with E-state index in [1.807, 2.05) is 0 Å². The van der Waals surface area contributed by atoms with Gasteiger partial charge in [-0.3, -0.25) is 0 Å². The molecule has 4 nitrogen and oxygen atoms in total. The Kier molecular flexibility index (Phi) is 4.32. The van der Waals surface area contributed by atoms with Crippen LogP contribution in [0.25, 0.3) is 32.7 Å². The zero-order valence-corrected chi connectivity index (χ0v) is 18.2. The number of ether oxygens (including phenoxy) is 1. The largest absolute Gasteiger partial charge is 0.379 e. The van der Waals surface area contributed by atoms with Crippen molar-refractivity contribution >= 4 is 51.2 Å². The van der Waals surface area contributed by atoms with Gasteiger partial charge < -0.3 is 14.9 Å². The molecule has 0 unspecified atom stereocenters. The summed E-state index contributed by atoms with van der Waals surface area (Å²) < 4.78 is 7.97. The van der Waals surface area contributed by atoms with Gasteiger partial charge in [0.15, 0.2) is 6.49 Å². The molecule has 0 spiro atoms. The van der Waals surface area contributed by atoms with E-state index in [-0.39, 0.29) is 0 Å². The van der Waals surface area contributed by atoms with Crippen LogP contribution in [0.1, 0.15) is 0 Å². The zero-order valence-electron chi connectivity index (χ0n) is 16.5. The first-order chi connectivity index (χ1) is 14.7. The molecule has 2 N–H and O–H groups in total. The summed E-state index contributed by atoms with van der Waals surface area (Å²) >= 11 is 6.32. The van der Waals surface area contributed by atoms with Gasteiger partial charge in [-0.15, -0.1) is 0 Å². The van der Waals surface area contributed by atoms with Crippen LogP contribution in [0.5, 0.6) is 0 Å². The van der Waals surface area contributed by atoms with Crippen molar-refractivity contribution in [2.45, 2.75) is 0 Å². The van der Waals surface area contributed by atoms with E-state index in [1.54, 1.807) is 0 Å². The Bertz CT molecular complexity index is 1240. The average molecular weight is 432 g/mol. The summed E-state index contributed by atoms with van der Waals surface area (Å²) in [5.74, 6) is 0. The van der Waals surface area contributed by atoms with Gasteiger partial charge in [-0.25, -0.2) is 4.67 Å². The summed E-state index contributed by atoms with van der Waals surface area (Å²) in [6.07, 6.45) is 0. The molecule has 2 heterocycles. The molecule has 4 aromatic carbocycles. The summed E-state index contributed by atoms with van der Waals surface area (Å²) in [5, 5.41) is 12.5. The molecule has 6 heteroatoms. The van der Waals surface area contributed by atoms with E-state index in [2.05, 4.69) is 87.6 Å². The van der Waals surface area contributed by atoms with Crippen molar-refractivity contribution in [3.05, 3.63) is 72.8 Å². The van der Waals surface area contributed by atoms with E-state index in [9.17, 15) is 0 Å². The minimum absolute atomic E-state index is 0.719. The quantitative estimate of drug-likeness (QED) is 0.359. The van der Waals surface area contributed by atoms with E-state index in [1.165, 1.54) is 32.7 Å². The molecule has 2 aliphatic rings. The van der Waals surface area contributed by atoms with Crippen LogP contribution in [0.2, 0.25) is 0 Å². The number of hydrogen-bond acceptors (Lipinski definition) is 2. The molecule has 4 aromatic rings. The summed E-state index contributed by atoms with van der Waals surface area (Å²) in [6.45, 7) is 0.845. The van der Waals surface area contributed by atoms with Crippen LogP contribution >= 0.6 is 6.49 Å². The second-order valence-electron chi connectivity index (χ2n) is 7.78. The molecule has 0 saturated carbocycles. The molecule has 150 valence electrons. The van der Waals surface area contributed by atoms with Crippen LogP contribution in [-0.2, 0) is 16.5 Å². The van der Waals surface area contributed by atoms with Gasteiger partial charge in [0.1, 0.15) is 0 Å². The lowest BCUT2D eigenvalue weighted by Crippen LogP contribution is -2.37. The number of morpholine rings is 1. The molecule has 0 atom stereocenters. The summed E-state index contributed by atoms with van der Waals surface area (Å²) in [6, 6.07) is 26.0. The van der Waals surface area contributed by atoms with Crippen LogP contribution < -0.4 is 10.2 Å². The Morgan fingerprint density at radius 3 is 1.73 bits per heavy atom. The van der Waals surface area contributed by atoms with Crippen LogP contribution in [0.4, 0.5) is 11.4 Å². The van der Waals surface area contributed by atoms with E-state index in [0.29, 0.717) is 0 Å². The molecule has 0 radical (unpaired) electrons. The number of hydrogen-bond donors (Lipinski definition) is 2. The van der Waals surface area contributed by atoms with Gasteiger partial charge in [-0.1, -0.05) is 60.7 Å². The average Bonchev–Trinajstić information content (AvgIpc) is 2.94. The second-order valence-corrected chi connectivity index (χ2v) is 11.5. The lowest BCUT2D eigenvalue weighted by atomic mass is 9.91.